The van der Waals surface area contributed by atoms with Crippen LogP contribution in [0, 0.1) is 23.5 Å². The van der Waals surface area contributed by atoms with E-state index in [4.69, 9.17) is 0 Å². The van der Waals surface area contributed by atoms with Crippen molar-refractivity contribution in [3.63, 3.8) is 0 Å². The molecule has 4 rings (SSSR count). The maximum absolute atomic E-state index is 13.4. The van der Waals surface area contributed by atoms with Gasteiger partial charge in [-0.05, 0) is 53.8 Å². The topological polar surface area (TPSA) is 25.2 Å². The van der Waals surface area contributed by atoms with Crippen molar-refractivity contribution in [2.24, 2.45) is 4.99 Å². The van der Waals surface area contributed by atoms with Crippen molar-refractivity contribution in [2.75, 3.05) is 0 Å². The highest BCUT2D eigenvalue weighted by molar-refractivity contribution is 7.99. The lowest BCUT2D eigenvalue weighted by Gasteiger charge is -2.05. The zero-order valence-electron chi connectivity index (χ0n) is 13.5. The van der Waals surface area contributed by atoms with E-state index in [0.717, 1.165) is 22.1 Å². The normalized spacial score (nSPS) is 12.2. The third kappa shape index (κ3) is 3.66. The fourth-order valence-corrected chi connectivity index (χ4v) is 3.55. The van der Waals surface area contributed by atoms with Crippen LogP contribution in [0.5, 0.6) is 0 Å². The number of fused-ring (bicyclic) bond motifs is 1. The predicted octanol–water partition coefficient (Wildman–Crippen LogP) is 4.87. The third-order valence-corrected chi connectivity index (χ3v) is 4.75. The van der Waals surface area contributed by atoms with Crippen LogP contribution in [0.3, 0.4) is 0 Å². The van der Waals surface area contributed by atoms with Crippen LogP contribution in [0.15, 0.2) is 75.6 Å². The molecule has 2 aromatic carbocycles. The van der Waals surface area contributed by atoms with E-state index in [0.29, 0.717) is 22.8 Å². The summed E-state index contributed by atoms with van der Waals surface area (Å²) in [6, 6.07) is 14.9. The number of aromatic nitrogens is 1. The van der Waals surface area contributed by atoms with E-state index in [1.54, 1.807) is 6.20 Å². The summed E-state index contributed by atoms with van der Waals surface area (Å²) < 4.78 is 26.8. The molecule has 3 aromatic rings. The fraction of sp³-hybridized carbons (Fsp3) is 0.0476. The van der Waals surface area contributed by atoms with Crippen molar-refractivity contribution in [1.82, 2.24) is 4.98 Å². The Bertz CT molecular complexity index is 1050. The second-order valence-corrected chi connectivity index (χ2v) is 6.80. The molecular formula is C21H12F2N2S. The lowest BCUT2D eigenvalue weighted by Crippen LogP contribution is -1.95. The van der Waals surface area contributed by atoms with E-state index in [2.05, 4.69) is 21.8 Å². The average Bonchev–Trinajstić information content (AvgIpc) is 3.02. The number of pyridine rings is 1. The molecule has 126 valence electrons. The van der Waals surface area contributed by atoms with Crippen LogP contribution in [-0.2, 0) is 6.54 Å². The molecule has 5 heteroatoms. The van der Waals surface area contributed by atoms with Gasteiger partial charge in [0.05, 0.1) is 6.54 Å². The van der Waals surface area contributed by atoms with Gasteiger partial charge in [0, 0.05) is 27.6 Å². The van der Waals surface area contributed by atoms with Gasteiger partial charge in [-0.2, -0.15) is 0 Å². The molecule has 1 aromatic heterocycles. The molecule has 0 amide bonds. The molecule has 0 spiro atoms. The summed E-state index contributed by atoms with van der Waals surface area (Å²) in [5.74, 6) is 4.91. The zero-order chi connectivity index (χ0) is 17.9. The zero-order valence-corrected chi connectivity index (χ0v) is 14.4. The van der Waals surface area contributed by atoms with Crippen LogP contribution in [-0.4, -0.2) is 10.7 Å². The minimum absolute atomic E-state index is 0.513. The van der Waals surface area contributed by atoms with Crippen molar-refractivity contribution in [3.8, 4) is 11.8 Å². The maximum atomic E-state index is 13.4. The molecule has 2 nitrogen and oxygen atoms in total. The van der Waals surface area contributed by atoms with Gasteiger partial charge in [0.15, 0.2) is 0 Å². The van der Waals surface area contributed by atoms with Crippen molar-refractivity contribution < 1.29 is 8.78 Å². The van der Waals surface area contributed by atoms with Gasteiger partial charge < -0.3 is 0 Å². The molecule has 0 atom stereocenters. The Labute approximate surface area is 154 Å². The lowest BCUT2D eigenvalue weighted by atomic mass is 10.1. The Hall–Kier alpha value is -2.97. The molecule has 0 N–H and O–H groups in total. The molecule has 26 heavy (non-hydrogen) atoms. The van der Waals surface area contributed by atoms with Crippen LogP contribution >= 0.6 is 11.8 Å². The largest absolute Gasteiger partial charge is 0.271 e. The highest BCUT2D eigenvalue weighted by atomic mass is 32.2. The van der Waals surface area contributed by atoms with Crippen molar-refractivity contribution in [1.29, 1.82) is 0 Å². The minimum atomic E-state index is -0.586. The van der Waals surface area contributed by atoms with E-state index in [1.165, 1.54) is 23.9 Å². The Morgan fingerprint density at radius 1 is 0.885 bits per heavy atom. The number of hydrogen-bond donors (Lipinski definition) is 0. The van der Waals surface area contributed by atoms with Gasteiger partial charge in [-0.25, -0.2) is 13.8 Å². The van der Waals surface area contributed by atoms with Crippen LogP contribution < -0.4 is 0 Å². The minimum Gasteiger partial charge on any atom is -0.271 e. The van der Waals surface area contributed by atoms with E-state index in [9.17, 15) is 8.78 Å². The second kappa shape index (κ2) is 7.11. The van der Waals surface area contributed by atoms with Gasteiger partial charge in [0.1, 0.15) is 23.0 Å². The average molecular weight is 362 g/mol. The number of hydrogen-bond acceptors (Lipinski definition) is 3. The summed E-state index contributed by atoms with van der Waals surface area (Å²) in [7, 11) is 0. The second-order valence-electron chi connectivity index (χ2n) is 5.66. The quantitative estimate of drug-likeness (QED) is 0.608. The third-order valence-electron chi connectivity index (χ3n) is 3.79. The van der Waals surface area contributed by atoms with Crippen LogP contribution in [0.25, 0.3) is 0 Å². The first-order valence-electron chi connectivity index (χ1n) is 7.92. The molecule has 1 aliphatic heterocycles. The van der Waals surface area contributed by atoms with Gasteiger partial charge in [-0.3, -0.25) is 4.99 Å². The molecule has 1 aliphatic rings. The summed E-state index contributed by atoms with van der Waals surface area (Å²) in [6.45, 7) is 0.584. The molecule has 0 bridgehead atoms. The molecule has 0 fully saturated rings. The lowest BCUT2D eigenvalue weighted by molar-refractivity contribution is 0.577. The first-order valence-corrected chi connectivity index (χ1v) is 8.74. The smallest absolute Gasteiger partial charge is 0.127 e. The van der Waals surface area contributed by atoms with Crippen LogP contribution in [0.4, 0.5) is 8.78 Å². The van der Waals surface area contributed by atoms with Gasteiger partial charge in [0.25, 0.3) is 0 Å². The molecule has 0 aliphatic carbocycles. The van der Waals surface area contributed by atoms with Crippen molar-refractivity contribution in [2.45, 2.75) is 16.3 Å². The van der Waals surface area contributed by atoms with Crippen molar-refractivity contribution >= 4 is 17.5 Å². The molecule has 0 unspecified atom stereocenters. The van der Waals surface area contributed by atoms with E-state index in [-0.39, 0.29) is 0 Å². The fourth-order valence-electron chi connectivity index (χ4n) is 2.62. The monoisotopic (exact) mass is 362 g/mol. The van der Waals surface area contributed by atoms with Gasteiger partial charge >= 0.3 is 0 Å². The van der Waals surface area contributed by atoms with Gasteiger partial charge in [-0.15, -0.1) is 0 Å². The van der Waals surface area contributed by atoms with E-state index < -0.39 is 11.6 Å². The highest BCUT2D eigenvalue weighted by Crippen LogP contribution is 2.32. The predicted molar refractivity (Wildman–Crippen MR) is 98.3 cm³/mol. The first kappa shape index (κ1) is 16.5. The van der Waals surface area contributed by atoms with Crippen LogP contribution in [0.2, 0.25) is 0 Å². The Morgan fingerprint density at radius 3 is 2.50 bits per heavy atom. The first-order chi connectivity index (χ1) is 12.7. The summed E-state index contributed by atoms with van der Waals surface area (Å²) in [5, 5.41) is 0. The summed E-state index contributed by atoms with van der Waals surface area (Å²) in [6.07, 6.45) is 1.70. The van der Waals surface area contributed by atoms with E-state index in [1.807, 2.05) is 36.4 Å². The Morgan fingerprint density at radius 2 is 1.73 bits per heavy atom. The Kier molecular flexibility index (Phi) is 4.51. The number of rotatable bonds is 2. The molecule has 0 saturated heterocycles. The number of benzene rings is 2. The van der Waals surface area contributed by atoms with Crippen LogP contribution in [0.1, 0.15) is 16.8 Å². The molecule has 0 saturated carbocycles. The maximum Gasteiger partial charge on any atom is 0.127 e. The standard InChI is InChI=1S/C21H12F2N2S/c22-15-9-16(23)11-19(10-15)26-18-6-4-14-13-25-21(20(14)12-18)7-5-17-3-1-2-8-24-17/h1-4,6,8-12H,13H2. The number of nitrogens with zero attached hydrogens (tertiary/aromatic N) is 2. The van der Waals surface area contributed by atoms with E-state index >= 15 is 0 Å². The highest BCUT2D eigenvalue weighted by Gasteiger charge is 2.15. The SMILES string of the molecule is Fc1cc(F)cc(Sc2ccc3c(c2)C(C#Cc2ccccn2)=NC3)c1. The van der Waals surface area contributed by atoms with Crippen molar-refractivity contribution in [3.05, 3.63) is 89.2 Å². The van der Waals surface area contributed by atoms with Gasteiger partial charge in [0.2, 0.25) is 0 Å². The van der Waals surface area contributed by atoms with Gasteiger partial charge in [-0.1, -0.05) is 23.9 Å². The Balaban J connectivity index is 1.61. The molecule has 0 radical (unpaired) electrons. The number of aliphatic imine (C=N–C) groups is 1. The summed E-state index contributed by atoms with van der Waals surface area (Å²) in [5.41, 5.74) is 3.43. The number of halogens is 2. The molecular weight excluding hydrogens is 350 g/mol. The summed E-state index contributed by atoms with van der Waals surface area (Å²) in [4.78, 5) is 10.1. The summed E-state index contributed by atoms with van der Waals surface area (Å²) >= 11 is 1.30. The molecule has 2 heterocycles.